The highest BCUT2D eigenvalue weighted by Gasteiger charge is 2.29. The molecule has 8 nitrogen and oxygen atoms in total. The third-order valence-electron chi connectivity index (χ3n) is 5.46. The lowest BCUT2D eigenvalue weighted by Gasteiger charge is -2.16. The zero-order chi connectivity index (χ0) is 22.9. The Bertz CT molecular complexity index is 1400. The number of methoxy groups -OCH3 is 1. The topological polar surface area (TPSA) is 108 Å². The smallest absolute Gasteiger partial charge is 0.341 e. The molecule has 4 aromatic rings. The van der Waals surface area contributed by atoms with Gasteiger partial charge in [-0.25, -0.2) is 14.6 Å². The fourth-order valence-corrected chi connectivity index (χ4v) is 5.22. The van der Waals surface area contributed by atoms with E-state index >= 15 is 0 Å². The molecule has 166 valence electrons. The summed E-state index contributed by atoms with van der Waals surface area (Å²) in [5.41, 5.74) is 4.76. The lowest BCUT2D eigenvalue weighted by molar-refractivity contribution is -0.119. The Morgan fingerprint density at radius 3 is 2.82 bits per heavy atom. The first-order chi connectivity index (χ1) is 16.0. The normalized spacial score (nSPS) is 12.0. The average molecular weight is 462 g/mol. The number of esters is 2. The van der Waals surface area contributed by atoms with Gasteiger partial charge in [0, 0.05) is 4.88 Å². The summed E-state index contributed by atoms with van der Waals surface area (Å²) in [5, 5.41) is 3.10. The molecule has 1 aliphatic rings. The number of thiophene rings is 1. The summed E-state index contributed by atoms with van der Waals surface area (Å²) in [4.78, 5) is 42.4. The Balaban J connectivity index is 1.34. The molecule has 2 aromatic heterocycles. The van der Waals surface area contributed by atoms with Crippen LogP contribution in [-0.2, 0) is 27.1 Å². The van der Waals surface area contributed by atoms with Crippen LogP contribution in [0.2, 0.25) is 0 Å². The molecule has 0 radical (unpaired) electrons. The van der Waals surface area contributed by atoms with Gasteiger partial charge in [-0.1, -0.05) is 24.3 Å². The largest absolute Gasteiger partial charge is 0.465 e. The van der Waals surface area contributed by atoms with Crippen molar-refractivity contribution < 1.29 is 28.3 Å². The molecule has 1 amide bonds. The number of benzene rings is 2. The lowest BCUT2D eigenvalue weighted by atomic mass is 9.89. The molecule has 2 heterocycles. The fraction of sp³-hybridized carbons (Fsp3) is 0.167. The number of amides is 1. The third-order valence-corrected chi connectivity index (χ3v) is 6.64. The summed E-state index contributed by atoms with van der Waals surface area (Å²) in [6.07, 6.45) is 2.75. The summed E-state index contributed by atoms with van der Waals surface area (Å²) in [6, 6.07) is 12.7. The maximum atomic E-state index is 12.6. The van der Waals surface area contributed by atoms with Crippen molar-refractivity contribution in [2.75, 3.05) is 19.0 Å². The van der Waals surface area contributed by atoms with E-state index in [9.17, 15) is 14.4 Å². The second-order valence-electron chi connectivity index (χ2n) is 7.42. The molecule has 0 fully saturated rings. The highest BCUT2D eigenvalue weighted by molar-refractivity contribution is 7.20. The first-order valence-corrected chi connectivity index (χ1v) is 11.0. The lowest BCUT2D eigenvalue weighted by Crippen LogP contribution is -2.21. The minimum Gasteiger partial charge on any atom is -0.465 e. The number of rotatable bonds is 5. The van der Waals surface area contributed by atoms with Gasteiger partial charge in [0.25, 0.3) is 5.91 Å². The average Bonchev–Trinajstić information content (AvgIpc) is 3.45. The number of hydrogen-bond donors (Lipinski definition) is 1. The molecule has 33 heavy (non-hydrogen) atoms. The molecule has 0 unspecified atom stereocenters. The summed E-state index contributed by atoms with van der Waals surface area (Å²) < 4.78 is 15.3. The zero-order valence-corrected chi connectivity index (χ0v) is 18.4. The Hall–Kier alpha value is -3.98. The van der Waals surface area contributed by atoms with Crippen molar-refractivity contribution in [2.45, 2.75) is 12.8 Å². The highest BCUT2D eigenvalue weighted by Crippen LogP contribution is 2.45. The van der Waals surface area contributed by atoms with Crippen molar-refractivity contribution in [2.24, 2.45) is 0 Å². The van der Waals surface area contributed by atoms with Crippen LogP contribution in [0.15, 0.2) is 53.3 Å². The predicted octanol–water partition coefficient (Wildman–Crippen LogP) is 4.24. The highest BCUT2D eigenvalue weighted by atomic mass is 32.1. The maximum Gasteiger partial charge on any atom is 0.341 e. The van der Waals surface area contributed by atoms with Gasteiger partial charge >= 0.3 is 11.9 Å². The summed E-state index contributed by atoms with van der Waals surface area (Å²) in [6.45, 7) is -0.505. The van der Waals surface area contributed by atoms with Gasteiger partial charge in [0.05, 0.1) is 18.2 Å². The van der Waals surface area contributed by atoms with E-state index in [4.69, 9.17) is 13.9 Å². The van der Waals surface area contributed by atoms with Crippen molar-refractivity contribution in [1.29, 1.82) is 0 Å². The third kappa shape index (κ3) is 3.87. The molecule has 0 saturated heterocycles. The zero-order valence-electron chi connectivity index (χ0n) is 17.5. The van der Waals surface area contributed by atoms with Crippen LogP contribution >= 0.6 is 11.3 Å². The van der Waals surface area contributed by atoms with E-state index in [-0.39, 0.29) is 5.56 Å². The van der Waals surface area contributed by atoms with Gasteiger partial charge in [0.2, 0.25) is 0 Å². The number of aryl methyl sites for hydroxylation is 1. The number of nitrogens with one attached hydrogen (secondary N) is 1. The number of anilines is 1. The van der Waals surface area contributed by atoms with Gasteiger partial charge in [-0.2, -0.15) is 0 Å². The second kappa shape index (κ2) is 8.51. The van der Waals surface area contributed by atoms with Crippen LogP contribution < -0.4 is 5.32 Å². The predicted molar refractivity (Wildman–Crippen MR) is 121 cm³/mol. The number of fused-ring (bicyclic) bond motifs is 4. The van der Waals surface area contributed by atoms with Crippen molar-refractivity contribution in [3.05, 3.63) is 71.1 Å². The maximum absolute atomic E-state index is 12.6. The van der Waals surface area contributed by atoms with Crippen LogP contribution in [-0.4, -0.2) is 36.5 Å². The minimum absolute atomic E-state index is 0.252. The SMILES string of the molecule is COC(=O)c1c(NC(=O)COC(=O)c2ccc3ocnc3c2)sc2c1CCc1ccccc1-2. The fourth-order valence-electron chi connectivity index (χ4n) is 3.91. The first-order valence-electron chi connectivity index (χ1n) is 10.2. The van der Waals surface area contributed by atoms with E-state index < -0.39 is 24.5 Å². The summed E-state index contributed by atoms with van der Waals surface area (Å²) >= 11 is 1.32. The number of carbonyl (C=O) groups excluding carboxylic acids is 3. The van der Waals surface area contributed by atoms with Crippen LogP contribution in [0.25, 0.3) is 21.5 Å². The molecule has 1 N–H and O–H groups in total. The van der Waals surface area contributed by atoms with Crippen LogP contribution in [0.5, 0.6) is 0 Å². The van der Waals surface area contributed by atoms with Crippen molar-refractivity contribution in [3.63, 3.8) is 0 Å². The van der Waals surface area contributed by atoms with Crippen LogP contribution in [0.1, 0.15) is 31.8 Å². The van der Waals surface area contributed by atoms with E-state index in [1.54, 1.807) is 6.07 Å². The number of ether oxygens (including phenoxy) is 2. The number of oxazole rings is 1. The van der Waals surface area contributed by atoms with E-state index in [0.717, 1.165) is 22.4 Å². The molecule has 1 aliphatic carbocycles. The molecule has 0 aliphatic heterocycles. The standard InChI is InChI=1S/C24H18N2O6S/c1-30-24(29)20-16-8-6-13-4-2-3-5-15(13)21(16)33-22(20)26-19(27)11-31-23(28)14-7-9-18-17(10-14)25-12-32-18/h2-5,7,9-10,12H,6,8,11H2,1H3,(H,26,27). The summed E-state index contributed by atoms with van der Waals surface area (Å²) in [7, 11) is 1.31. The molecule has 5 rings (SSSR count). The molecule has 0 atom stereocenters. The van der Waals surface area contributed by atoms with Gasteiger partial charge in [-0.3, -0.25) is 4.79 Å². The van der Waals surface area contributed by atoms with E-state index in [1.165, 1.54) is 42.5 Å². The molecule has 0 spiro atoms. The van der Waals surface area contributed by atoms with Crippen LogP contribution in [0.4, 0.5) is 5.00 Å². The minimum atomic E-state index is -0.664. The molecule has 2 aromatic carbocycles. The number of aromatic nitrogens is 1. The first kappa shape index (κ1) is 20.9. The molecular formula is C24H18N2O6S. The van der Waals surface area contributed by atoms with E-state index in [0.29, 0.717) is 28.1 Å². The van der Waals surface area contributed by atoms with E-state index in [1.807, 2.05) is 18.2 Å². The number of nitrogens with zero attached hydrogens (tertiary/aromatic N) is 1. The molecule has 9 heteroatoms. The Kier molecular flexibility index (Phi) is 5.39. The molecule has 0 bridgehead atoms. The van der Waals surface area contributed by atoms with Gasteiger partial charge in [0.1, 0.15) is 10.5 Å². The van der Waals surface area contributed by atoms with E-state index in [2.05, 4.69) is 16.4 Å². The molecule has 0 saturated carbocycles. The second-order valence-corrected chi connectivity index (χ2v) is 8.44. The number of carbonyl (C=O) groups is 3. The van der Waals surface area contributed by atoms with Crippen molar-refractivity contribution in [1.82, 2.24) is 4.98 Å². The van der Waals surface area contributed by atoms with Crippen LogP contribution in [0.3, 0.4) is 0 Å². The van der Waals surface area contributed by atoms with Gasteiger partial charge in [-0.15, -0.1) is 11.3 Å². The van der Waals surface area contributed by atoms with Gasteiger partial charge < -0.3 is 19.2 Å². The van der Waals surface area contributed by atoms with Crippen molar-refractivity contribution in [3.8, 4) is 10.4 Å². The Morgan fingerprint density at radius 1 is 1.12 bits per heavy atom. The molecular weight excluding hydrogens is 444 g/mol. The van der Waals surface area contributed by atoms with Gasteiger partial charge in [-0.05, 0) is 47.7 Å². The Labute approximate surface area is 192 Å². The summed E-state index contributed by atoms with van der Waals surface area (Å²) in [5.74, 6) is -1.73. The van der Waals surface area contributed by atoms with Crippen LogP contribution in [0, 0.1) is 0 Å². The monoisotopic (exact) mass is 462 g/mol. The number of hydrogen-bond acceptors (Lipinski definition) is 8. The van der Waals surface area contributed by atoms with Gasteiger partial charge in [0.15, 0.2) is 18.6 Å². The quantitative estimate of drug-likeness (QED) is 0.442. The Morgan fingerprint density at radius 2 is 1.97 bits per heavy atom. The van der Waals surface area contributed by atoms with Crippen molar-refractivity contribution >= 4 is 45.3 Å².